The molecule has 3 aromatic carbocycles. The number of carbonyl (C=O) groups is 1. The van der Waals surface area contributed by atoms with Gasteiger partial charge in [0.25, 0.3) is 0 Å². The number of halogens is 1. The summed E-state index contributed by atoms with van der Waals surface area (Å²) in [7, 11) is 1.52. The first-order valence-corrected chi connectivity index (χ1v) is 10.2. The fourth-order valence-electron chi connectivity index (χ4n) is 2.72. The summed E-state index contributed by atoms with van der Waals surface area (Å²) in [6, 6.07) is 17.6. The Hall–Kier alpha value is -3.64. The van der Waals surface area contributed by atoms with Crippen LogP contribution in [0.4, 0.5) is 4.39 Å². The molecule has 0 bridgehead atoms. The normalized spacial score (nSPS) is 9.91. The van der Waals surface area contributed by atoms with Gasteiger partial charge in [-0.25, -0.2) is 9.18 Å². The van der Waals surface area contributed by atoms with Gasteiger partial charge in [-0.3, -0.25) is 0 Å². The summed E-state index contributed by atoms with van der Waals surface area (Å²) < 4.78 is 29.9. The van der Waals surface area contributed by atoms with Gasteiger partial charge in [-0.15, -0.1) is 0 Å². The predicted octanol–water partition coefficient (Wildman–Crippen LogP) is 5.76. The van der Waals surface area contributed by atoms with Crippen molar-refractivity contribution in [3.8, 4) is 11.5 Å². The zero-order valence-electron chi connectivity index (χ0n) is 18.4. The molecule has 32 heavy (non-hydrogen) atoms. The highest BCUT2D eigenvalue weighted by atomic mass is 19.1. The summed E-state index contributed by atoms with van der Waals surface area (Å²) in [5, 5.41) is 9.51. The minimum Gasteiger partial charge on any atom is -0.497 e. The Bertz CT molecular complexity index is 1040. The van der Waals surface area contributed by atoms with Gasteiger partial charge in [0.1, 0.15) is 29.7 Å². The van der Waals surface area contributed by atoms with Crippen molar-refractivity contribution in [1.29, 1.82) is 0 Å². The van der Waals surface area contributed by atoms with Crippen LogP contribution >= 0.6 is 0 Å². The molecule has 0 aromatic heterocycles. The van der Waals surface area contributed by atoms with Crippen LogP contribution in [0.25, 0.3) is 5.76 Å². The van der Waals surface area contributed by atoms with E-state index in [1.54, 1.807) is 48.5 Å². The number of hydrogen-bond acceptors (Lipinski definition) is 5. The summed E-state index contributed by atoms with van der Waals surface area (Å²) in [6.45, 7) is 7.46. The van der Waals surface area contributed by atoms with Crippen molar-refractivity contribution in [2.75, 3.05) is 7.11 Å². The third-order valence-electron chi connectivity index (χ3n) is 4.37. The summed E-state index contributed by atoms with van der Waals surface area (Å²) in [5.41, 5.74) is 1.83. The van der Waals surface area contributed by atoms with Crippen molar-refractivity contribution in [3.05, 3.63) is 101 Å². The molecule has 1 N–H and O–H groups in total. The van der Waals surface area contributed by atoms with Crippen LogP contribution in [0.5, 0.6) is 11.5 Å². The van der Waals surface area contributed by atoms with Gasteiger partial charge < -0.3 is 19.3 Å². The van der Waals surface area contributed by atoms with E-state index < -0.39 is 5.97 Å². The van der Waals surface area contributed by atoms with E-state index in [1.165, 1.54) is 25.3 Å². The third kappa shape index (κ3) is 6.68. The molecular formula is C26H27FO5. The molecule has 0 saturated heterocycles. The van der Waals surface area contributed by atoms with Gasteiger partial charge >= 0.3 is 5.97 Å². The number of aliphatic hydroxyl groups excluding tert-OH is 1. The van der Waals surface area contributed by atoms with Crippen LogP contribution < -0.4 is 9.47 Å². The maximum atomic E-state index is 13.8. The summed E-state index contributed by atoms with van der Waals surface area (Å²) in [6.07, 6.45) is 0. The van der Waals surface area contributed by atoms with Crippen LogP contribution in [-0.2, 0) is 18.0 Å². The lowest BCUT2D eigenvalue weighted by Crippen LogP contribution is -2.10. The first kappa shape index (κ1) is 24.6. The molecule has 3 aromatic rings. The van der Waals surface area contributed by atoms with Gasteiger partial charge in [-0.05, 0) is 54.1 Å². The van der Waals surface area contributed by atoms with E-state index in [2.05, 4.69) is 6.58 Å². The van der Waals surface area contributed by atoms with E-state index in [1.807, 2.05) is 13.8 Å². The predicted molar refractivity (Wildman–Crippen MR) is 122 cm³/mol. The van der Waals surface area contributed by atoms with Crippen LogP contribution in [0.15, 0.2) is 73.3 Å². The SMILES string of the molecule is C=C(OC)c1ccc(OC(=O)c2cc(CO)cc(OCc3ccccc3F)c2)cc1.CC. The molecule has 5 nitrogen and oxygen atoms in total. The highest BCUT2D eigenvalue weighted by Crippen LogP contribution is 2.23. The third-order valence-corrected chi connectivity index (χ3v) is 4.37. The van der Waals surface area contributed by atoms with E-state index in [9.17, 15) is 14.3 Å². The lowest BCUT2D eigenvalue weighted by Gasteiger charge is -2.11. The lowest BCUT2D eigenvalue weighted by molar-refractivity contribution is 0.0734. The molecule has 0 saturated carbocycles. The summed E-state index contributed by atoms with van der Waals surface area (Å²) in [4.78, 5) is 12.6. The highest BCUT2D eigenvalue weighted by molar-refractivity contribution is 5.91. The Morgan fingerprint density at radius 2 is 1.66 bits per heavy atom. The Labute approximate surface area is 187 Å². The van der Waals surface area contributed by atoms with Crippen LogP contribution in [0, 0.1) is 5.82 Å². The van der Waals surface area contributed by atoms with Gasteiger partial charge in [0, 0.05) is 11.1 Å². The van der Waals surface area contributed by atoms with Gasteiger partial charge in [-0.2, -0.15) is 0 Å². The van der Waals surface area contributed by atoms with Crippen molar-refractivity contribution >= 4 is 11.7 Å². The molecule has 0 radical (unpaired) electrons. The number of hydrogen-bond donors (Lipinski definition) is 1. The Morgan fingerprint density at radius 3 is 2.28 bits per heavy atom. The number of benzene rings is 3. The molecule has 0 fully saturated rings. The van der Waals surface area contributed by atoms with E-state index in [4.69, 9.17) is 14.2 Å². The quantitative estimate of drug-likeness (QED) is 0.275. The summed E-state index contributed by atoms with van der Waals surface area (Å²) >= 11 is 0. The van der Waals surface area contributed by atoms with Gasteiger partial charge in [0.2, 0.25) is 0 Å². The molecule has 0 aliphatic rings. The molecule has 0 unspecified atom stereocenters. The molecule has 168 valence electrons. The Morgan fingerprint density at radius 1 is 0.969 bits per heavy atom. The van der Waals surface area contributed by atoms with Crippen LogP contribution in [0.3, 0.4) is 0 Å². The van der Waals surface area contributed by atoms with Gasteiger partial charge in [0.05, 0.1) is 19.3 Å². The van der Waals surface area contributed by atoms with E-state index in [0.717, 1.165) is 5.56 Å². The number of ether oxygens (including phenoxy) is 3. The largest absolute Gasteiger partial charge is 0.497 e. The second kappa shape index (κ2) is 12.3. The highest BCUT2D eigenvalue weighted by Gasteiger charge is 2.13. The number of esters is 1. The van der Waals surface area contributed by atoms with Crippen molar-refractivity contribution in [1.82, 2.24) is 0 Å². The van der Waals surface area contributed by atoms with Crippen LogP contribution in [-0.4, -0.2) is 18.2 Å². The zero-order valence-corrected chi connectivity index (χ0v) is 18.4. The smallest absolute Gasteiger partial charge is 0.343 e. The molecule has 6 heteroatoms. The van der Waals surface area contributed by atoms with Gasteiger partial charge in [0.15, 0.2) is 0 Å². The fourth-order valence-corrected chi connectivity index (χ4v) is 2.72. The monoisotopic (exact) mass is 438 g/mol. The second-order valence-electron chi connectivity index (χ2n) is 6.45. The molecule has 0 aliphatic heterocycles. The van der Waals surface area contributed by atoms with E-state index >= 15 is 0 Å². The van der Waals surface area contributed by atoms with E-state index in [0.29, 0.717) is 28.4 Å². The van der Waals surface area contributed by atoms with Gasteiger partial charge in [-0.1, -0.05) is 38.6 Å². The maximum absolute atomic E-state index is 13.8. The maximum Gasteiger partial charge on any atom is 0.343 e. The summed E-state index contributed by atoms with van der Waals surface area (Å²) in [5.74, 6) is 0.175. The molecule has 0 heterocycles. The van der Waals surface area contributed by atoms with Crippen molar-refractivity contribution < 1.29 is 28.5 Å². The molecule has 0 atom stereocenters. The molecule has 0 amide bonds. The minimum atomic E-state index is -0.612. The Kier molecular flexibility index (Phi) is 9.44. The fraction of sp³-hybridized carbons (Fsp3) is 0.192. The van der Waals surface area contributed by atoms with Crippen LogP contribution in [0.2, 0.25) is 0 Å². The number of rotatable bonds is 8. The number of carbonyl (C=O) groups excluding carboxylic acids is 1. The first-order chi connectivity index (χ1) is 15.5. The number of aliphatic hydroxyl groups is 1. The Balaban J connectivity index is 0.00000176. The standard InChI is InChI=1S/C24H21FO5.C2H6/c1-16(28-2)18-7-9-21(10-8-18)30-24(27)20-11-17(14-26)12-22(13-20)29-15-19-5-3-4-6-23(19)25;1-2/h3-13,26H,1,14-15H2,2H3;1-2H3. The molecule has 0 spiro atoms. The van der Waals surface area contributed by atoms with Crippen molar-refractivity contribution in [2.24, 2.45) is 0 Å². The number of methoxy groups -OCH3 is 1. The van der Waals surface area contributed by atoms with Crippen LogP contribution in [0.1, 0.15) is 40.9 Å². The van der Waals surface area contributed by atoms with Crippen molar-refractivity contribution in [3.63, 3.8) is 0 Å². The lowest BCUT2D eigenvalue weighted by atomic mass is 10.1. The molecule has 3 rings (SSSR count). The zero-order chi connectivity index (χ0) is 23.5. The second-order valence-corrected chi connectivity index (χ2v) is 6.45. The average molecular weight is 438 g/mol. The first-order valence-electron chi connectivity index (χ1n) is 10.2. The van der Waals surface area contributed by atoms with Crippen molar-refractivity contribution in [2.45, 2.75) is 27.1 Å². The average Bonchev–Trinajstić information content (AvgIpc) is 2.84. The molecule has 0 aliphatic carbocycles. The topological polar surface area (TPSA) is 65.0 Å². The van der Waals surface area contributed by atoms with E-state index in [-0.39, 0.29) is 24.6 Å². The molecular weight excluding hydrogens is 411 g/mol. The minimum absolute atomic E-state index is 0.0130.